The molecule has 1 heterocycles. The van der Waals surface area contributed by atoms with Crippen molar-refractivity contribution in [2.45, 2.75) is 37.6 Å². The third kappa shape index (κ3) is 7.39. The maximum Gasteiger partial charge on any atom is 0.256 e. The van der Waals surface area contributed by atoms with Crippen molar-refractivity contribution >= 4 is 51.6 Å². The van der Waals surface area contributed by atoms with Crippen molar-refractivity contribution in [3.05, 3.63) is 65.9 Å². The summed E-state index contributed by atoms with van der Waals surface area (Å²) in [6.07, 6.45) is 4.38. The van der Waals surface area contributed by atoms with Crippen molar-refractivity contribution in [3.63, 3.8) is 0 Å². The van der Waals surface area contributed by atoms with Crippen LogP contribution in [0.5, 0.6) is 0 Å². The molecule has 188 valence electrons. The van der Waals surface area contributed by atoms with Crippen LogP contribution in [-0.4, -0.2) is 65.2 Å². The van der Waals surface area contributed by atoms with Gasteiger partial charge in [0, 0.05) is 56.5 Å². The molecule has 0 radical (unpaired) electrons. The molecule has 2 amide bonds. The quantitative estimate of drug-likeness (QED) is 0.335. The number of hydrogen-bond acceptors (Lipinski definition) is 3. The number of aromatic nitrogens is 1. The van der Waals surface area contributed by atoms with E-state index in [1.54, 1.807) is 0 Å². The van der Waals surface area contributed by atoms with Gasteiger partial charge < -0.3 is 19.7 Å². The van der Waals surface area contributed by atoms with E-state index in [2.05, 4.69) is 11.1 Å². The lowest BCUT2D eigenvalue weighted by Crippen LogP contribution is -2.45. The van der Waals surface area contributed by atoms with Crippen molar-refractivity contribution in [1.82, 2.24) is 14.8 Å². The zero-order valence-electron chi connectivity index (χ0n) is 20.6. The molecule has 0 fully saturated rings. The van der Waals surface area contributed by atoms with Gasteiger partial charge >= 0.3 is 0 Å². The number of benzene rings is 2. The second-order valence-corrected chi connectivity index (χ2v) is 10.00. The average Bonchev–Trinajstić information content (AvgIpc) is 3.27. The average molecular weight is 518 g/mol. The van der Waals surface area contributed by atoms with Gasteiger partial charge in [-0.1, -0.05) is 66.9 Å². The van der Waals surface area contributed by atoms with E-state index in [0.29, 0.717) is 26.1 Å². The van der Waals surface area contributed by atoms with E-state index < -0.39 is 10.7 Å². The number of fused-ring (bicyclic) bond motifs is 1. The first-order valence-corrected chi connectivity index (χ1v) is 12.8. The Morgan fingerprint density at radius 1 is 0.971 bits per heavy atom. The number of carbonyl (C=O) groups excluding carboxylic acids is 2. The largest absolute Gasteiger partial charge is 0.378 e. The minimum Gasteiger partial charge on any atom is -0.378 e. The normalized spacial score (nSPS) is 11.1. The Labute approximate surface area is 217 Å². The monoisotopic (exact) mass is 516 g/mol. The van der Waals surface area contributed by atoms with Gasteiger partial charge in [-0.2, -0.15) is 0 Å². The number of nitrogens with zero attached hydrogens (tertiary/aromatic N) is 3. The van der Waals surface area contributed by atoms with Crippen LogP contribution in [-0.2, 0) is 22.6 Å². The Morgan fingerprint density at radius 2 is 1.69 bits per heavy atom. The summed E-state index contributed by atoms with van der Waals surface area (Å²) >= 11 is 11.7. The molecule has 1 N–H and O–H groups in total. The molecule has 35 heavy (non-hydrogen) atoms. The van der Waals surface area contributed by atoms with Crippen LogP contribution in [0.1, 0.15) is 30.9 Å². The Hall–Kier alpha value is -2.70. The molecule has 1 aromatic heterocycles. The lowest BCUT2D eigenvalue weighted by Gasteiger charge is -2.28. The van der Waals surface area contributed by atoms with Crippen molar-refractivity contribution in [1.29, 1.82) is 0 Å². The number of unbranched alkanes of at least 4 members (excludes halogenated alkanes) is 1. The van der Waals surface area contributed by atoms with Crippen LogP contribution < -0.4 is 4.90 Å². The summed E-state index contributed by atoms with van der Waals surface area (Å²) in [6.45, 7) is 3.42. The van der Waals surface area contributed by atoms with Crippen molar-refractivity contribution < 1.29 is 9.59 Å². The molecule has 0 atom stereocenters. The number of aromatic amines is 1. The standard InChI is InChI=1S/C27H34Cl2N4O2/c1-4-5-15-33(27(35)26(28)29)19-25(34)32(18-20-10-12-22(13-11-20)31(2)3)16-14-21-17-30-24-9-7-6-8-23(21)24/h6-13,17,26,30H,4-5,14-16,18-19H2,1-3H3. The van der Waals surface area contributed by atoms with Gasteiger partial charge in [0.15, 0.2) is 4.84 Å². The first-order chi connectivity index (χ1) is 16.8. The first-order valence-electron chi connectivity index (χ1n) is 12.0. The van der Waals surface area contributed by atoms with Crippen molar-refractivity contribution in [2.75, 3.05) is 38.6 Å². The van der Waals surface area contributed by atoms with Gasteiger partial charge in [-0.05, 0) is 42.2 Å². The molecule has 0 saturated carbocycles. The summed E-state index contributed by atoms with van der Waals surface area (Å²) in [5.41, 5.74) is 4.35. The first kappa shape index (κ1) is 26.9. The van der Waals surface area contributed by atoms with Gasteiger partial charge in [0.2, 0.25) is 5.91 Å². The van der Waals surface area contributed by atoms with Crippen LogP contribution in [0, 0.1) is 0 Å². The van der Waals surface area contributed by atoms with E-state index >= 15 is 0 Å². The fourth-order valence-corrected chi connectivity index (χ4v) is 4.30. The number of H-pyrrole nitrogens is 1. The molecule has 0 aliphatic heterocycles. The van der Waals surface area contributed by atoms with Gasteiger partial charge in [0.25, 0.3) is 5.91 Å². The number of carbonyl (C=O) groups is 2. The summed E-state index contributed by atoms with van der Waals surface area (Å²) in [5.74, 6) is -0.554. The molecule has 0 aliphatic rings. The molecule has 0 saturated heterocycles. The summed E-state index contributed by atoms with van der Waals surface area (Å²) in [6, 6.07) is 16.3. The Bertz CT molecular complexity index is 1110. The Morgan fingerprint density at radius 3 is 2.34 bits per heavy atom. The third-order valence-corrected chi connectivity index (χ3v) is 6.48. The molecule has 0 unspecified atom stereocenters. The van der Waals surface area contributed by atoms with E-state index in [9.17, 15) is 9.59 Å². The number of para-hydroxylation sites is 1. The van der Waals surface area contributed by atoms with Crippen LogP contribution in [0.4, 0.5) is 5.69 Å². The Balaban J connectivity index is 1.79. The predicted octanol–water partition coefficient (Wildman–Crippen LogP) is 5.24. The highest BCUT2D eigenvalue weighted by molar-refractivity contribution is 6.53. The molecule has 3 aromatic rings. The third-order valence-electron chi connectivity index (χ3n) is 6.11. The molecule has 0 aliphatic carbocycles. The maximum atomic E-state index is 13.5. The highest BCUT2D eigenvalue weighted by Crippen LogP contribution is 2.20. The smallest absolute Gasteiger partial charge is 0.256 e. The van der Waals surface area contributed by atoms with Gasteiger partial charge in [0.05, 0.1) is 6.54 Å². The van der Waals surface area contributed by atoms with Crippen molar-refractivity contribution in [2.24, 2.45) is 0 Å². The zero-order valence-corrected chi connectivity index (χ0v) is 22.1. The molecule has 3 rings (SSSR count). The molecular formula is C27H34Cl2N4O2. The van der Waals surface area contributed by atoms with Gasteiger partial charge in [-0.25, -0.2) is 0 Å². The van der Waals surface area contributed by atoms with Gasteiger partial charge in [0.1, 0.15) is 0 Å². The number of anilines is 1. The molecule has 0 bridgehead atoms. The molecule has 8 heteroatoms. The lowest BCUT2D eigenvalue weighted by atomic mass is 10.1. The predicted molar refractivity (Wildman–Crippen MR) is 145 cm³/mol. The molecule has 0 spiro atoms. The summed E-state index contributed by atoms with van der Waals surface area (Å²) < 4.78 is 0. The summed E-state index contributed by atoms with van der Waals surface area (Å²) in [7, 11) is 3.99. The van der Waals surface area contributed by atoms with Crippen LogP contribution in [0.3, 0.4) is 0 Å². The van der Waals surface area contributed by atoms with E-state index in [1.165, 1.54) is 4.90 Å². The Kier molecular flexibility index (Phi) is 9.87. The minimum atomic E-state index is -1.18. The summed E-state index contributed by atoms with van der Waals surface area (Å²) in [4.78, 5) is 33.5. The highest BCUT2D eigenvalue weighted by Gasteiger charge is 2.25. The van der Waals surface area contributed by atoms with E-state index in [4.69, 9.17) is 23.2 Å². The minimum absolute atomic E-state index is 0.0432. The lowest BCUT2D eigenvalue weighted by molar-refractivity contribution is -0.140. The summed E-state index contributed by atoms with van der Waals surface area (Å²) in [5, 5.41) is 1.15. The number of halogens is 2. The second kappa shape index (κ2) is 12.8. The van der Waals surface area contributed by atoms with Crippen LogP contribution >= 0.6 is 23.2 Å². The van der Waals surface area contributed by atoms with Crippen LogP contribution in [0.25, 0.3) is 10.9 Å². The van der Waals surface area contributed by atoms with E-state index in [0.717, 1.165) is 40.6 Å². The molecule has 2 aromatic carbocycles. The molecular weight excluding hydrogens is 483 g/mol. The number of amides is 2. The number of hydrogen-bond donors (Lipinski definition) is 1. The number of nitrogens with one attached hydrogen (secondary N) is 1. The number of rotatable bonds is 12. The van der Waals surface area contributed by atoms with Crippen LogP contribution in [0.2, 0.25) is 0 Å². The van der Waals surface area contributed by atoms with Gasteiger partial charge in [-0.15, -0.1) is 0 Å². The number of alkyl halides is 2. The van der Waals surface area contributed by atoms with E-state index in [1.807, 2.05) is 79.5 Å². The fourth-order valence-electron chi connectivity index (χ4n) is 4.02. The van der Waals surface area contributed by atoms with Gasteiger partial charge in [-0.3, -0.25) is 9.59 Å². The second-order valence-electron chi connectivity index (χ2n) is 8.90. The maximum absolute atomic E-state index is 13.5. The SMILES string of the molecule is CCCCN(CC(=O)N(CCc1c[nH]c2ccccc12)Cc1ccc(N(C)C)cc1)C(=O)C(Cl)Cl. The van der Waals surface area contributed by atoms with E-state index in [-0.39, 0.29) is 12.5 Å². The van der Waals surface area contributed by atoms with Crippen LogP contribution in [0.15, 0.2) is 54.7 Å². The topological polar surface area (TPSA) is 59.7 Å². The highest BCUT2D eigenvalue weighted by atomic mass is 35.5. The zero-order chi connectivity index (χ0) is 25.4. The fraction of sp³-hybridized carbons (Fsp3) is 0.407. The molecule has 6 nitrogen and oxygen atoms in total. The van der Waals surface area contributed by atoms with Crippen molar-refractivity contribution in [3.8, 4) is 0 Å².